The highest BCUT2D eigenvalue weighted by Gasteiger charge is 2.20. The van der Waals surface area contributed by atoms with E-state index < -0.39 is 11.7 Å². The van der Waals surface area contributed by atoms with Crippen LogP contribution in [0.1, 0.15) is 10.4 Å². The first-order valence-electron chi connectivity index (χ1n) is 6.06. The van der Waals surface area contributed by atoms with Gasteiger partial charge in [0.2, 0.25) is 0 Å². The molecule has 1 amide bonds. The summed E-state index contributed by atoms with van der Waals surface area (Å²) in [6.07, 6.45) is 1.61. The standard InChI is InChI=1S/C16H13BrFNO/c1-2-10-19(13-6-4-3-5-7-13)16(20)14-11-12(17)8-9-15(14)18/h2-9,11H,1,10H2. The van der Waals surface area contributed by atoms with Crippen LogP contribution in [-0.2, 0) is 0 Å². The van der Waals surface area contributed by atoms with Gasteiger partial charge in [-0.2, -0.15) is 0 Å². The summed E-state index contributed by atoms with van der Waals surface area (Å²) in [5, 5.41) is 0. The number of amides is 1. The average Bonchev–Trinajstić information content (AvgIpc) is 2.47. The van der Waals surface area contributed by atoms with E-state index in [0.717, 1.165) is 0 Å². The van der Waals surface area contributed by atoms with E-state index in [1.54, 1.807) is 24.3 Å². The van der Waals surface area contributed by atoms with Gasteiger partial charge in [-0.15, -0.1) is 6.58 Å². The summed E-state index contributed by atoms with van der Waals surface area (Å²) in [5.74, 6) is -0.932. The van der Waals surface area contributed by atoms with Crippen molar-refractivity contribution in [2.75, 3.05) is 11.4 Å². The first-order chi connectivity index (χ1) is 9.63. The zero-order chi connectivity index (χ0) is 14.5. The van der Waals surface area contributed by atoms with Crippen LogP contribution in [0.4, 0.5) is 10.1 Å². The van der Waals surface area contributed by atoms with E-state index in [-0.39, 0.29) is 5.56 Å². The highest BCUT2D eigenvalue weighted by molar-refractivity contribution is 9.10. The van der Waals surface area contributed by atoms with E-state index in [1.165, 1.54) is 17.0 Å². The summed E-state index contributed by atoms with van der Waals surface area (Å²) >= 11 is 3.25. The lowest BCUT2D eigenvalue weighted by Crippen LogP contribution is -2.31. The van der Waals surface area contributed by atoms with Crippen LogP contribution in [0.3, 0.4) is 0 Å². The predicted molar refractivity (Wildman–Crippen MR) is 82.4 cm³/mol. The van der Waals surface area contributed by atoms with Gasteiger partial charge >= 0.3 is 0 Å². The summed E-state index contributed by atoms with van der Waals surface area (Å²) in [4.78, 5) is 14.0. The number of carbonyl (C=O) groups excluding carboxylic acids is 1. The van der Waals surface area contributed by atoms with Gasteiger partial charge in [0, 0.05) is 16.7 Å². The molecule has 0 fully saturated rings. The van der Waals surface area contributed by atoms with Gasteiger partial charge in [-0.05, 0) is 30.3 Å². The van der Waals surface area contributed by atoms with Crippen LogP contribution in [0, 0.1) is 5.82 Å². The third-order valence-corrected chi connectivity index (χ3v) is 3.28. The molecule has 0 radical (unpaired) electrons. The topological polar surface area (TPSA) is 20.3 Å². The zero-order valence-electron chi connectivity index (χ0n) is 10.7. The molecule has 20 heavy (non-hydrogen) atoms. The molecule has 0 N–H and O–H groups in total. The summed E-state index contributed by atoms with van der Waals surface area (Å²) in [5.41, 5.74) is 0.738. The van der Waals surface area contributed by atoms with Crippen molar-refractivity contribution in [1.82, 2.24) is 0 Å². The van der Waals surface area contributed by atoms with Crippen molar-refractivity contribution >= 4 is 27.5 Å². The molecular weight excluding hydrogens is 321 g/mol. The van der Waals surface area contributed by atoms with Crippen LogP contribution in [-0.4, -0.2) is 12.5 Å². The zero-order valence-corrected chi connectivity index (χ0v) is 12.3. The molecule has 4 heteroatoms. The molecule has 0 saturated heterocycles. The Hall–Kier alpha value is -1.94. The Kier molecular flexibility index (Phi) is 4.69. The Bertz CT molecular complexity index is 628. The second-order valence-corrected chi connectivity index (χ2v) is 5.08. The molecule has 2 aromatic carbocycles. The first-order valence-corrected chi connectivity index (χ1v) is 6.85. The highest BCUT2D eigenvalue weighted by atomic mass is 79.9. The van der Waals surface area contributed by atoms with Crippen molar-refractivity contribution < 1.29 is 9.18 Å². The number of rotatable bonds is 4. The third-order valence-electron chi connectivity index (χ3n) is 2.78. The van der Waals surface area contributed by atoms with Gasteiger partial charge in [-0.1, -0.05) is 40.2 Å². The summed E-state index contributed by atoms with van der Waals surface area (Å²) in [6.45, 7) is 3.96. The largest absolute Gasteiger partial charge is 0.304 e. The Morgan fingerprint density at radius 1 is 1.25 bits per heavy atom. The van der Waals surface area contributed by atoms with Gasteiger partial charge in [0.05, 0.1) is 5.56 Å². The van der Waals surface area contributed by atoms with E-state index in [4.69, 9.17) is 0 Å². The molecule has 0 spiro atoms. The number of carbonyl (C=O) groups is 1. The van der Waals surface area contributed by atoms with Crippen LogP contribution in [0.5, 0.6) is 0 Å². The predicted octanol–water partition coefficient (Wildman–Crippen LogP) is 4.42. The number of hydrogen-bond acceptors (Lipinski definition) is 1. The SMILES string of the molecule is C=CCN(C(=O)c1cc(Br)ccc1F)c1ccccc1. The van der Waals surface area contributed by atoms with Crippen molar-refractivity contribution in [3.63, 3.8) is 0 Å². The van der Waals surface area contributed by atoms with Crippen molar-refractivity contribution in [2.24, 2.45) is 0 Å². The Labute approximate surface area is 125 Å². The Balaban J connectivity index is 2.41. The molecule has 0 saturated carbocycles. The van der Waals surface area contributed by atoms with Crippen LogP contribution >= 0.6 is 15.9 Å². The maximum Gasteiger partial charge on any atom is 0.261 e. The van der Waals surface area contributed by atoms with Crippen LogP contribution in [0.2, 0.25) is 0 Å². The third kappa shape index (κ3) is 3.14. The quantitative estimate of drug-likeness (QED) is 0.758. The van der Waals surface area contributed by atoms with Crippen LogP contribution < -0.4 is 4.90 Å². The average molecular weight is 334 g/mol. The van der Waals surface area contributed by atoms with Gasteiger partial charge in [-0.3, -0.25) is 4.79 Å². The molecule has 0 aromatic heterocycles. The normalized spacial score (nSPS) is 10.1. The molecule has 0 aliphatic rings. The Morgan fingerprint density at radius 3 is 2.60 bits per heavy atom. The minimum absolute atomic E-state index is 0.0325. The van der Waals surface area contributed by atoms with Gasteiger partial charge in [0.1, 0.15) is 5.82 Å². The molecule has 0 atom stereocenters. The first kappa shape index (κ1) is 14.5. The van der Waals surface area contributed by atoms with Gasteiger partial charge in [-0.25, -0.2) is 4.39 Å². The lowest BCUT2D eigenvalue weighted by molar-refractivity contribution is 0.0986. The lowest BCUT2D eigenvalue weighted by Gasteiger charge is -2.21. The van der Waals surface area contributed by atoms with Crippen molar-refractivity contribution in [3.8, 4) is 0 Å². The van der Waals surface area contributed by atoms with Crippen LogP contribution in [0.15, 0.2) is 65.7 Å². The number of nitrogens with zero attached hydrogens (tertiary/aromatic N) is 1. The van der Waals surface area contributed by atoms with Gasteiger partial charge < -0.3 is 4.90 Å². The van der Waals surface area contributed by atoms with Crippen molar-refractivity contribution in [3.05, 3.63) is 77.0 Å². The summed E-state index contributed by atoms with van der Waals surface area (Å²) < 4.78 is 14.5. The second kappa shape index (κ2) is 6.48. The van der Waals surface area contributed by atoms with Crippen molar-refractivity contribution in [2.45, 2.75) is 0 Å². The number of hydrogen-bond donors (Lipinski definition) is 0. The van der Waals surface area contributed by atoms with Gasteiger partial charge in [0.15, 0.2) is 0 Å². The number of anilines is 1. The molecule has 2 aromatic rings. The number of halogens is 2. The molecule has 0 unspecified atom stereocenters. The number of benzene rings is 2. The molecule has 0 aliphatic carbocycles. The molecular formula is C16H13BrFNO. The molecule has 0 heterocycles. The fourth-order valence-corrected chi connectivity index (χ4v) is 2.21. The van der Waals surface area contributed by atoms with E-state index in [1.807, 2.05) is 18.2 Å². The van der Waals surface area contributed by atoms with E-state index >= 15 is 0 Å². The van der Waals surface area contributed by atoms with Crippen LogP contribution in [0.25, 0.3) is 0 Å². The minimum Gasteiger partial charge on any atom is -0.304 e. The highest BCUT2D eigenvalue weighted by Crippen LogP contribution is 2.21. The molecule has 2 rings (SSSR count). The minimum atomic E-state index is -0.539. The molecule has 102 valence electrons. The second-order valence-electron chi connectivity index (χ2n) is 4.16. The maximum absolute atomic E-state index is 13.8. The van der Waals surface area contributed by atoms with E-state index in [2.05, 4.69) is 22.5 Å². The summed E-state index contributed by atoms with van der Waals surface area (Å²) in [6, 6.07) is 13.4. The van der Waals surface area contributed by atoms with Gasteiger partial charge in [0.25, 0.3) is 5.91 Å². The van der Waals surface area contributed by atoms with E-state index in [9.17, 15) is 9.18 Å². The molecule has 2 nitrogen and oxygen atoms in total. The monoisotopic (exact) mass is 333 g/mol. The molecule has 0 aliphatic heterocycles. The Morgan fingerprint density at radius 2 is 1.95 bits per heavy atom. The molecule has 0 bridgehead atoms. The number of para-hydroxylation sites is 1. The van der Waals surface area contributed by atoms with Crippen molar-refractivity contribution in [1.29, 1.82) is 0 Å². The fraction of sp³-hybridized carbons (Fsp3) is 0.0625. The maximum atomic E-state index is 13.8. The lowest BCUT2D eigenvalue weighted by atomic mass is 10.1. The smallest absolute Gasteiger partial charge is 0.261 e. The summed E-state index contributed by atoms with van der Waals surface area (Å²) in [7, 11) is 0. The fourth-order valence-electron chi connectivity index (χ4n) is 1.85. The van der Waals surface area contributed by atoms with E-state index in [0.29, 0.717) is 16.7 Å².